The molecule has 1 aliphatic rings. The maximum Gasteiger partial charge on any atom is 0.234 e. The second-order valence-corrected chi connectivity index (χ2v) is 8.49. The van der Waals surface area contributed by atoms with Crippen molar-refractivity contribution in [3.05, 3.63) is 53.6 Å². The number of nitrogens with one attached hydrogen (secondary N) is 1. The van der Waals surface area contributed by atoms with Gasteiger partial charge in [-0.15, -0.1) is 5.10 Å². The van der Waals surface area contributed by atoms with Crippen molar-refractivity contribution in [2.75, 3.05) is 29.1 Å². The lowest BCUT2D eigenvalue weighted by atomic mass is 10.1. The van der Waals surface area contributed by atoms with Crippen LogP contribution in [0.25, 0.3) is 5.69 Å². The molecular formula is C22H26N6OS. The minimum Gasteiger partial charge on any atom is -0.372 e. The molecular weight excluding hydrogens is 396 g/mol. The quantitative estimate of drug-likeness (QED) is 0.605. The molecule has 3 aromatic rings. The lowest BCUT2D eigenvalue weighted by molar-refractivity contribution is -0.113. The number of hydrogen-bond acceptors (Lipinski definition) is 6. The van der Waals surface area contributed by atoms with Gasteiger partial charge in [-0.2, -0.15) is 4.68 Å². The first-order valence-corrected chi connectivity index (χ1v) is 11.2. The molecule has 2 heterocycles. The molecule has 1 saturated heterocycles. The number of amides is 1. The topological polar surface area (TPSA) is 75.9 Å². The first kappa shape index (κ1) is 20.4. The lowest BCUT2D eigenvalue weighted by Gasteiger charge is -2.28. The van der Waals surface area contributed by atoms with E-state index in [1.165, 1.54) is 36.7 Å². The predicted molar refractivity (Wildman–Crippen MR) is 120 cm³/mol. The van der Waals surface area contributed by atoms with Crippen molar-refractivity contribution in [1.82, 2.24) is 20.2 Å². The van der Waals surface area contributed by atoms with Gasteiger partial charge in [0, 0.05) is 24.5 Å². The maximum absolute atomic E-state index is 12.5. The molecule has 1 amide bonds. The number of benzene rings is 2. The van der Waals surface area contributed by atoms with Gasteiger partial charge in [0.2, 0.25) is 11.1 Å². The number of tetrazole rings is 1. The Morgan fingerprint density at radius 1 is 1.03 bits per heavy atom. The van der Waals surface area contributed by atoms with Crippen molar-refractivity contribution in [1.29, 1.82) is 0 Å². The second kappa shape index (κ2) is 9.30. The summed E-state index contributed by atoms with van der Waals surface area (Å²) in [6.07, 6.45) is 3.81. The van der Waals surface area contributed by atoms with Gasteiger partial charge in [0.15, 0.2) is 0 Å². The Bertz CT molecular complexity index is 990. The summed E-state index contributed by atoms with van der Waals surface area (Å²) >= 11 is 1.33. The molecule has 0 unspecified atom stereocenters. The van der Waals surface area contributed by atoms with Gasteiger partial charge in [0.05, 0.1) is 11.4 Å². The number of piperidine rings is 1. The number of aromatic nitrogens is 4. The lowest BCUT2D eigenvalue weighted by Crippen LogP contribution is -2.29. The fourth-order valence-corrected chi connectivity index (χ4v) is 4.46. The van der Waals surface area contributed by atoms with Crippen LogP contribution in [-0.4, -0.2) is 45.0 Å². The Kier molecular flexibility index (Phi) is 6.32. The largest absolute Gasteiger partial charge is 0.372 e. The fourth-order valence-electron chi connectivity index (χ4n) is 3.78. The van der Waals surface area contributed by atoms with Gasteiger partial charge in [-0.3, -0.25) is 4.79 Å². The fraction of sp³-hybridized carbons (Fsp3) is 0.364. The van der Waals surface area contributed by atoms with E-state index in [2.05, 4.69) is 37.9 Å². The summed E-state index contributed by atoms with van der Waals surface area (Å²) < 4.78 is 1.70. The van der Waals surface area contributed by atoms with Crippen molar-refractivity contribution in [3.63, 3.8) is 0 Å². The number of carbonyl (C=O) groups is 1. The molecule has 0 radical (unpaired) electrons. The summed E-state index contributed by atoms with van der Waals surface area (Å²) in [5.41, 5.74) is 5.15. The van der Waals surface area contributed by atoms with E-state index in [0.717, 1.165) is 35.6 Å². The Balaban J connectivity index is 1.36. The molecule has 1 N–H and O–H groups in total. The highest BCUT2D eigenvalue weighted by atomic mass is 32.2. The highest BCUT2D eigenvalue weighted by molar-refractivity contribution is 7.99. The van der Waals surface area contributed by atoms with Crippen molar-refractivity contribution in [3.8, 4) is 5.69 Å². The molecule has 0 spiro atoms. The molecule has 1 aliphatic heterocycles. The maximum atomic E-state index is 12.5. The van der Waals surface area contributed by atoms with E-state index >= 15 is 0 Å². The number of para-hydroxylation sites is 1. The van der Waals surface area contributed by atoms with Crippen LogP contribution in [-0.2, 0) is 4.79 Å². The van der Waals surface area contributed by atoms with E-state index in [-0.39, 0.29) is 11.7 Å². The smallest absolute Gasteiger partial charge is 0.234 e. The van der Waals surface area contributed by atoms with Gasteiger partial charge >= 0.3 is 0 Å². The van der Waals surface area contributed by atoms with Gasteiger partial charge in [0.25, 0.3) is 0 Å². The summed E-state index contributed by atoms with van der Waals surface area (Å²) in [5.74, 6) is 0.154. The number of anilines is 2. The van der Waals surface area contributed by atoms with E-state index in [1.807, 2.05) is 44.2 Å². The van der Waals surface area contributed by atoms with E-state index < -0.39 is 0 Å². The van der Waals surface area contributed by atoms with Crippen molar-refractivity contribution < 1.29 is 4.79 Å². The Labute approximate surface area is 180 Å². The van der Waals surface area contributed by atoms with Crippen molar-refractivity contribution in [2.24, 2.45) is 0 Å². The zero-order valence-electron chi connectivity index (χ0n) is 17.3. The predicted octanol–water partition coefficient (Wildman–Crippen LogP) is 4.00. The van der Waals surface area contributed by atoms with E-state index in [9.17, 15) is 4.79 Å². The molecule has 156 valence electrons. The van der Waals surface area contributed by atoms with Crippen LogP contribution < -0.4 is 10.2 Å². The SMILES string of the molecule is Cc1cccc(C)c1-n1nnnc1SCC(=O)Nc1ccc(N2CCCCC2)cc1. The molecule has 2 aromatic carbocycles. The normalized spacial score (nSPS) is 14.0. The zero-order valence-corrected chi connectivity index (χ0v) is 18.2. The molecule has 8 heteroatoms. The standard InChI is InChI=1S/C22H26N6OS/c1-16-7-6-8-17(2)21(16)28-22(24-25-26-28)30-15-20(29)23-18-9-11-19(12-10-18)27-13-4-3-5-14-27/h6-12H,3-5,13-15H2,1-2H3,(H,23,29). The third kappa shape index (κ3) is 4.64. The number of hydrogen-bond donors (Lipinski definition) is 1. The van der Waals surface area contributed by atoms with Gasteiger partial charge in [-0.1, -0.05) is 30.0 Å². The summed E-state index contributed by atoms with van der Waals surface area (Å²) in [6.45, 7) is 6.27. The Morgan fingerprint density at radius 2 is 1.73 bits per heavy atom. The van der Waals surface area contributed by atoms with Gasteiger partial charge in [-0.05, 0) is 78.9 Å². The molecule has 1 fully saturated rings. The van der Waals surface area contributed by atoms with Crippen LogP contribution in [0.5, 0.6) is 0 Å². The molecule has 0 bridgehead atoms. The van der Waals surface area contributed by atoms with Gasteiger partial charge in [0.1, 0.15) is 0 Å². The van der Waals surface area contributed by atoms with Crippen molar-refractivity contribution in [2.45, 2.75) is 38.3 Å². The number of rotatable bonds is 6. The van der Waals surface area contributed by atoms with Crippen LogP contribution in [0, 0.1) is 13.8 Å². The monoisotopic (exact) mass is 422 g/mol. The number of aryl methyl sites for hydroxylation is 2. The average Bonchev–Trinajstić information content (AvgIpc) is 3.21. The first-order valence-electron chi connectivity index (χ1n) is 10.2. The molecule has 7 nitrogen and oxygen atoms in total. The summed E-state index contributed by atoms with van der Waals surface area (Å²) in [5, 5.41) is 15.6. The second-order valence-electron chi connectivity index (χ2n) is 7.55. The highest BCUT2D eigenvalue weighted by Gasteiger charge is 2.15. The number of carbonyl (C=O) groups excluding carboxylic acids is 1. The van der Waals surface area contributed by atoms with Crippen LogP contribution in [0.15, 0.2) is 47.6 Å². The first-order chi connectivity index (χ1) is 14.6. The number of nitrogens with zero attached hydrogens (tertiary/aromatic N) is 5. The third-order valence-electron chi connectivity index (χ3n) is 5.30. The number of thioether (sulfide) groups is 1. The van der Waals surface area contributed by atoms with Crippen LogP contribution in [0.2, 0.25) is 0 Å². The molecule has 1 aromatic heterocycles. The molecule has 30 heavy (non-hydrogen) atoms. The minimum absolute atomic E-state index is 0.0817. The zero-order chi connectivity index (χ0) is 20.9. The van der Waals surface area contributed by atoms with Crippen LogP contribution >= 0.6 is 11.8 Å². The van der Waals surface area contributed by atoms with E-state index in [4.69, 9.17) is 0 Å². The summed E-state index contributed by atoms with van der Waals surface area (Å²) in [4.78, 5) is 14.9. The van der Waals surface area contributed by atoms with E-state index in [0.29, 0.717) is 5.16 Å². The molecule has 0 atom stereocenters. The Morgan fingerprint density at radius 3 is 2.43 bits per heavy atom. The minimum atomic E-state index is -0.0817. The summed E-state index contributed by atoms with van der Waals surface area (Å²) in [6, 6.07) is 14.2. The summed E-state index contributed by atoms with van der Waals surface area (Å²) in [7, 11) is 0. The van der Waals surface area contributed by atoms with Crippen LogP contribution in [0.4, 0.5) is 11.4 Å². The molecule has 0 saturated carbocycles. The van der Waals surface area contributed by atoms with Gasteiger partial charge in [-0.25, -0.2) is 0 Å². The average molecular weight is 423 g/mol. The molecule has 4 rings (SSSR count). The third-order valence-corrected chi connectivity index (χ3v) is 6.22. The van der Waals surface area contributed by atoms with Gasteiger partial charge < -0.3 is 10.2 Å². The van der Waals surface area contributed by atoms with Crippen LogP contribution in [0.3, 0.4) is 0 Å². The highest BCUT2D eigenvalue weighted by Crippen LogP contribution is 2.24. The Hall–Kier alpha value is -2.87. The van der Waals surface area contributed by atoms with E-state index in [1.54, 1.807) is 4.68 Å². The van der Waals surface area contributed by atoms with Crippen molar-refractivity contribution >= 4 is 29.0 Å². The molecule has 0 aliphatic carbocycles. The van der Waals surface area contributed by atoms with Crippen LogP contribution in [0.1, 0.15) is 30.4 Å².